The largest absolute Gasteiger partial charge is 0.356 e. The Kier molecular flexibility index (Phi) is 9.11. The van der Waals surface area contributed by atoms with Crippen molar-refractivity contribution >= 4 is 18.1 Å². The Balaban J connectivity index is 2.12. The van der Waals surface area contributed by atoms with Gasteiger partial charge in [0.05, 0.1) is 12.7 Å². The zero-order valence-corrected chi connectivity index (χ0v) is 19.1. The van der Waals surface area contributed by atoms with Crippen LogP contribution in [-0.4, -0.2) is 63.8 Å². The van der Waals surface area contributed by atoms with Crippen LogP contribution in [0.2, 0.25) is 0 Å². The first-order valence-electron chi connectivity index (χ1n) is 10.8. The van der Waals surface area contributed by atoms with E-state index in [2.05, 4.69) is 47.6 Å². The van der Waals surface area contributed by atoms with Gasteiger partial charge in [-0.25, -0.2) is 4.68 Å². The molecule has 0 spiro atoms. The molecule has 1 aromatic heterocycles. The quantitative estimate of drug-likeness (QED) is 0.601. The smallest absolute Gasteiger partial charge is 0.223 e. The lowest BCUT2D eigenvalue weighted by Gasteiger charge is -2.30. The SMILES string of the molecule is CCCCn1c(C(CC)N(C)C)nn(CN2CCC(C(=O)NCC)CC2)c1=S. The van der Waals surface area contributed by atoms with E-state index in [1.807, 2.05) is 11.6 Å². The molecule has 0 aliphatic carbocycles. The molecular weight excluding hydrogens is 372 g/mol. The van der Waals surface area contributed by atoms with Crippen LogP contribution in [0.25, 0.3) is 0 Å². The average Bonchev–Trinajstić information content (AvgIpc) is 2.96. The summed E-state index contributed by atoms with van der Waals surface area (Å²) in [6, 6.07) is 0.267. The number of aromatic nitrogens is 3. The minimum Gasteiger partial charge on any atom is -0.356 e. The van der Waals surface area contributed by atoms with Crippen molar-refractivity contribution in [2.24, 2.45) is 5.92 Å². The molecule has 1 unspecified atom stereocenters. The normalized spacial score (nSPS) is 17.2. The van der Waals surface area contributed by atoms with Crippen LogP contribution in [0.5, 0.6) is 0 Å². The summed E-state index contributed by atoms with van der Waals surface area (Å²) in [5, 5.41) is 7.89. The van der Waals surface area contributed by atoms with Gasteiger partial charge in [0.1, 0.15) is 5.82 Å². The van der Waals surface area contributed by atoms with E-state index in [1.165, 1.54) is 0 Å². The Labute approximate surface area is 175 Å². The van der Waals surface area contributed by atoms with E-state index in [-0.39, 0.29) is 17.9 Å². The van der Waals surface area contributed by atoms with Gasteiger partial charge in [-0.15, -0.1) is 0 Å². The first-order valence-corrected chi connectivity index (χ1v) is 11.2. The van der Waals surface area contributed by atoms with Crippen LogP contribution in [0, 0.1) is 10.7 Å². The molecule has 1 atom stereocenters. The van der Waals surface area contributed by atoms with Crippen molar-refractivity contribution in [3.8, 4) is 0 Å². The molecule has 1 aromatic rings. The van der Waals surface area contributed by atoms with E-state index in [1.54, 1.807) is 0 Å². The maximum Gasteiger partial charge on any atom is 0.223 e. The van der Waals surface area contributed by atoms with Crippen LogP contribution in [-0.2, 0) is 18.0 Å². The zero-order valence-electron chi connectivity index (χ0n) is 18.3. The molecule has 160 valence electrons. The third kappa shape index (κ3) is 5.64. The predicted molar refractivity (Wildman–Crippen MR) is 116 cm³/mol. The van der Waals surface area contributed by atoms with Crippen LogP contribution in [0.1, 0.15) is 64.7 Å². The highest BCUT2D eigenvalue weighted by Gasteiger charge is 2.26. The summed E-state index contributed by atoms with van der Waals surface area (Å²) in [5.41, 5.74) is 0. The molecule has 28 heavy (non-hydrogen) atoms. The Morgan fingerprint density at radius 1 is 1.29 bits per heavy atom. The topological polar surface area (TPSA) is 58.3 Å². The van der Waals surface area contributed by atoms with Crippen LogP contribution in [0.4, 0.5) is 0 Å². The van der Waals surface area contributed by atoms with E-state index in [0.29, 0.717) is 13.2 Å². The zero-order chi connectivity index (χ0) is 20.7. The third-order valence-electron chi connectivity index (χ3n) is 5.64. The van der Waals surface area contributed by atoms with Crippen molar-refractivity contribution in [1.29, 1.82) is 0 Å². The van der Waals surface area contributed by atoms with Crippen LogP contribution in [0.3, 0.4) is 0 Å². The molecule has 1 fully saturated rings. The fraction of sp³-hybridized carbons (Fsp3) is 0.850. The fourth-order valence-corrected chi connectivity index (χ4v) is 4.23. The van der Waals surface area contributed by atoms with Crippen molar-refractivity contribution in [2.75, 3.05) is 33.7 Å². The van der Waals surface area contributed by atoms with Crippen molar-refractivity contribution in [2.45, 2.75) is 72.1 Å². The number of hydrogen-bond donors (Lipinski definition) is 1. The van der Waals surface area contributed by atoms with Gasteiger partial charge in [-0.05, 0) is 58.9 Å². The standard InChI is InChI=1S/C20H38N6OS/c1-6-9-12-25-18(17(7-2)23(4)5)22-26(20(25)28)15-24-13-10-16(11-14-24)19(27)21-8-3/h16-17H,6-15H2,1-5H3,(H,21,27). The summed E-state index contributed by atoms with van der Waals surface area (Å²) in [6.07, 6.45) is 5.05. The van der Waals surface area contributed by atoms with Gasteiger partial charge in [0.25, 0.3) is 0 Å². The number of rotatable bonds is 10. The van der Waals surface area contributed by atoms with Gasteiger partial charge in [-0.1, -0.05) is 20.3 Å². The number of likely N-dealkylation sites (tertiary alicyclic amines) is 1. The molecule has 0 radical (unpaired) electrons. The molecule has 1 N–H and O–H groups in total. The highest BCUT2D eigenvalue weighted by molar-refractivity contribution is 7.71. The maximum absolute atomic E-state index is 12.1. The Morgan fingerprint density at radius 3 is 2.50 bits per heavy atom. The van der Waals surface area contributed by atoms with Gasteiger partial charge in [0, 0.05) is 32.1 Å². The first-order chi connectivity index (χ1) is 13.4. The summed E-state index contributed by atoms with van der Waals surface area (Å²) in [6.45, 7) is 10.5. The maximum atomic E-state index is 12.1. The minimum absolute atomic E-state index is 0.139. The van der Waals surface area contributed by atoms with E-state index in [0.717, 1.165) is 62.3 Å². The molecule has 2 heterocycles. The van der Waals surface area contributed by atoms with Crippen molar-refractivity contribution < 1.29 is 4.79 Å². The monoisotopic (exact) mass is 410 g/mol. The van der Waals surface area contributed by atoms with Crippen LogP contribution < -0.4 is 5.32 Å². The van der Waals surface area contributed by atoms with Gasteiger partial charge in [0.2, 0.25) is 5.91 Å². The molecule has 0 bridgehead atoms. The second-order valence-electron chi connectivity index (χ2n) is 7.96. The molecule has 0 aromatic carbocycles. The number of hydrogen-bond acceptors (Lipinski definition) is 5. The Bertz CT molecular complexity index is 675. The number of nitrogens with one attached hydrogen (secondary N) is 1. The second kappa shape index (κ2) is 11.1. The lowest BCUT2D eigenvalue weighted by atomic mass is 9.96. The minimum atomic E-state index is 0.139. The number of nitrogens with zero attached hydrogens (tertiary/aromatic N) is 5. The second-order valence-corrected chi connectivity index (χ2v) is 8.33. The summed E-state index contributed by atoms with van der Waals surface area (Å²) in [5.74, 6) is 1.41. The van der Waals surface area contributed by atoms with Crippen LogP contribution in [0.15, 0.2) is 0 Å². The molecule has 1 aliphatic rings. The Hall–Kier alpha value is -1.25. The number of amides is 1. The lowest BCUT2D eigenvalue weighted by molar-refractivity contribution is -0.126. The molecule has 0 saturated carbocycles. The summed E-state index contributed by atoms with van der Waals surface area (Å²) >= 11 is 5.80. The van der Waals surface area contributed by atoms with Gasteiger partial charge in [-0.3, -0.25) is 14.6 Å². The van der Waals surface area contributed by atoms with Gasteiger partial charge >= 0.3 is 0 Å². The van der Waals surface area contributed by atoms with E-state index in [4.69, 9.17) is 17.3 Å². The van der Waals surface area contributed by atoms with Gasteiger partial charge in [-0.2, -0.15) is 5.10 Å². The van der Waals surface area contributed by atoms with Crippen molar-refractivity contribution in [3.63, 3.8) is 0 Å². The van der Waals surface area contributed by atoms with Crippen molar-refractivity contribution in [1.82, 2.24) is 29.5 Å². The lowest BCUT2D eigenvalue weighted by Crippen LogP contribution is -2.41. The Morgan fingerprint density at radius 2 is 1.96 bits per heavy atom. The number of piperidine rings is 1. The van der Waals surface area contributed by atoms with Gasteiger partial charge in [0.15, 0.2) is 4.77 Å². The van der Waals surface area contributed by atoms with Crippen LogP contribution >= 0.6 is 12.2 Å². The van der Waals surface area contributed by atoms with E-state index < -0.39 is 0 Å². The highest BCUT2D eigenvalue weighted by Crippen LogP contribution is 2.23. The van der Waals surface area contributed by atoms with E-state index in [9.17, 15) is 4.79 Å². The molecular formula is C20H38N6OS. The summed E-state index contributed by atoms with van der Waals surface area (Å²) < 4.78 is 5.03. The van der Waals surface area contributed by atoms with Crippen molar-refractivity contribution in [3.05, 3.63) is 10.6 Å². The molecule has 8 heteroatoms. The third-order valence-corrected chi connectivity index (χ3v) is 6.07. The molecule has 1 amide bonds. The number of carbonyl (C=O) groups excluding carboxylic acids is 1. The molecule has 1 saturated heterocycles. The fourth-order valence-electron chi connectivity index (χ4n) is 3.95. The molecule has 1 aliphatic heterocycles. The van der Waals surface area contributed by atoms with Gasteiger partial charge < -0.3 is 9.88 Å². The predicted octanol–water partition coefficient (Wildman–Crippen LogP) is 3.03. The molecule has 2 rings (SSSR count). The van der Waals surface area contributed by atoms with E-state index >= 15 is 0 Å². The number of unbranched alkanes of at least 4 members (excludes halogenated alkanes) is 1. The summed E-state index contributed by atoms with van der Waals surface area (Å²) in [7, 11) is 4.21. The first kappa shape index (κ1) is 23.0. The molecule has 7 nitrogen and oxygen atoms in total. The average molecular weight is 411 g/mol. The highest BCUT2D eigenvalue weighted by atomic mass is 32.1. The number of carbonyl (C=O) groups is 1. The summed E-state index contributed by atoms with van der Waals surface area (Å²) in [4.78, 5) is 16.7.